The Morgan fingerprint density at radius 2 is 1.62 bits per heavy atom. The van der Waals surface area contributed by atoms with Crippen molar-refractivity contribution in [2.45, 2.75) is 46.3 Å². The molecule has 0 aliphatic carbocycles. The van der Waals surface area contributed by atoms with Crippen LogP contribution in [0.2, 0.25) is 0 Å². The molecule has 1 unspecified atom stereocenters. The molecule has 2 nitrogen and oxygen atoms in total. The van der Waals surface area contributed by atoms with E-state index in [4.69, 9.17) is 4.74 Å². The van der Waals surface area contributed by atoms with Crippen LogP contribution in [0.1, 0.15) is 40.3 Å². The minimum Gasteiger partial charge on any atom is -0.372 e. The van der Waals surface area contributed by atoms with Crippen molar-refractivity contribution < 1.29 is 17.9 Å². The maximum absolute atomic E-state index is 12.1. The topological polar surface area (TPSA) is 21.3 Å². The molecule has 1 atom stereocenters. The summed E-state index contributed by atoms with van der Waals surface area (Å²) in [4.78, 5) is 0. The summed E-state index contributed by atoms with van der Waals surface area (Å²) in [5, 5.41) is 3.19. The van der Waals surface area contributed by atoms with Crippen LogP contribution in [0.4, 0.5) is 13.2 Å². The van der Waals surface area contributed by atoms with Crippen LogP contribution in [-0.2, 0) is 4.74 Å². The molecule has 0 heterocycles. The molecular formula is C16H24F3NO. The Morgan fingerprint density at radius 1 is 1.10 bits per heavy atom. The third kappa shape index (κ3) is 5.00. The number of aryl methyl sites for hydroxylation is 2. The highest BCUT2D eigenvalue weighted by atomic mass is 19.4. The molecule has 1 rings (SSSR count). The van der Waals surface area contributed by atoms with Gasteiger partial charge in [-0.15, -0.1) is 0 Å². The van der Waals surface area contributed by atoms with Crippen LogP contribution in [0.3, 0.4) is 0 Å². The maximum atomic E-state index is 12.1. The van der Waals surface area contributed by atoms with Gasteiger partial charge in [0, 0.05) is 12.6 Å². The van der Waals surface area contributed by atoms with E-state index in [1.54, 1.807) is 0 Å². The molecule has 120 valence electrons. The first-order valence-corrected chi connectivity index (χ1v) is 7.06. The van der Waals surface area contributed by atoms with E-state index in [-0.39, 0.29) is 12.6 Å². The zero-order valence-electron chi connectivity index (χ0n) is 13.3. The third-order valence-electron chi connectivity index (χ3n) is 3.94. The molecule has 0 aromatic heterocycles. The summed E-state index contributed by atoms with van der Waals surface area (Å²) in [5.74, 6) is 0. The van der Waals surface area contributed by atoms with Crippen LogP contribution in [0, 0.1) is 27.7 Å². The molecule has 0 aliphatic heterocycles. The lowest BCUT2D eigenvalue weighted by molar-refractivity contribution is -0.174. The Labute approximate surface area is 124 Å². The fraction of sp³-hybridized carbons (Fsp3) is 0.625. The summed E-state index contributed by atoms with van der Waals surface area (Å²) in [6.45, 7) is 7.11. The highest BCUT2D eigenvalue weighted by molar-refractivity contribution is 5.45. The average Bonchev–Trinajstić information content (AvgIpc) is 2.38. The summed E-state index contributed by atoms with van der Waals surface area (Å²) >= 11 is 0. The monoisotopic (exact) mass is 303 g/mol. The van der Waals surface area contributed by atoms with Gasteiger partial charge in [-0.1, -0.05) is 6.07 Å². The van der Waals surface area contributed by atoms with Gasteiger partial charge in [0.15, 0.2) is 0 Å². The minimum absolute atomic E-state index is 0.00293. The van der Waals surface area contributed by atoms with Gasteiger partial charge in [-0.3, -0.25) is 0 Å². The number of rotatable bonds is 6. The van der Waals surface area contributed by atoms with Gasteiger partial charge in [-0.25, -0.2) is 0 Å². The van der Waals surface area contributed by atoms with Crippen molar-refractivity contribution in [1.82, 2.24) is 5.32 Å². The molecule has 21 heavy (non-hydrogen) atoms. The number of alkyl halides is 3. The van der Waals surface area contributed by atoms with Crippen molar-refractivity contribution >= 4 is 0 Å². The highest BCUT2D eigenvalue weighted by Gasteiger charge is 2.27. The number of nitrogens with one attached hydrogen (secondary N) is 1. The van der Waals surface area contributed by atoms with Gasteiger partial charge in [0.05, 0.1) is 0 Å². The number of ether oxygens (including phenoxy) is 1. The summed E-state index contributed by atoms with van der Waals surface area (Å²) < 4.78 is 41.0. The van der Waals surface area contributed by atoms with Crippen LogP contribution >= 0.6 is 0 Å². The standard InChI is InChI=1S/C16H24F3NO/c1-10-8-11(2)13(4)15(12(10)3)14(20-5)6-7-21-9-16(17,18)19/h8,14,20H,6-7,9H2,1-5H3. The van der Waals surface area contributed by atoms with Crippen LogP contribution in [0.5, 0.6) is 0 Å². The molecule has 0 amide bonds. The first kappa shape index (κ1) is 18.0. The first-order chi connectivity index (χ1) is 9.67. The zero-order chi connectivity index (χ0) is 16.2. The van der Waals surface area contributed by atoms with E-state index < -0.39 is 12.8 Å². The quantitative estimate of drug-likeness (QED) is 0.797. The number of hydrogen-bond donors (Lipinski definition) is 1. The van der Waals surface area contributed by atoms with Gasteiger partial charge in [-0.2, -0.15) is 13.2 Å². The van der Waals surface area contributed by atoms with Gasteiger partial charge >= 0.3 is 6.18 Å². The van der Waals surface area contributed by atoms with E-state index in [9.17, 15) is 13.2 Å². The predicted octanol–water partition coefficient (Wildman–Crippen LogP) is 4.15. The van der Waals surface area contributed by atoms with Crippen molar-refractivity contribution in [3.05, 3.63) is 33.9 Å². The van der Waals surface area contributed by atoms with E-state index in [1.807, 2.05) is 7.05 Å². The van der Waals surface area contributed by atoms with E-state index in [2.05, 4.69) is 39.1 Å². The highest BCUT2D eigenvalue weighted by Crippen LogP contribution is 2.29. The zero-order valence-corrected chi connectivity index (χ0v) is 13.3. The van der Waals surface area contributed by atoms with Crippen molar-refractivity contribution in [3.8, 4) is 0 Å². The van der Waals surface area contributed by atoms with Crippen molar-refractivity contribution in [3.63, 3.8) is 0 Å². The maximum Gasteiger partial charge on any atom is 0.411 e. The molecule has 0 saturated heterocycles. The SMILES string of the molecule is CNC(CCOCC(F)(F)F)c1c(C)c(C)cc(C)c1C. The van der Waals surface area contributed by atoms with Crippen LogP contribution in [0.25, 0.3) is 0 Å². The first-order valence-electron chi connectivity index (χ1n) is 7.06. The van der Waals surface area contributed by atoms with E-state index >= 15 is 0 Å². The number of halogens is 3. The second-order valence-electron chi connectivity index (χ2n) is 5.47. The summed E-state index contributed by atoms with van der Waals surface area (Å²) in [5.41, 5.74) is 5.95. The van der Waals surface area contributed by atoms with Gasteiger partial charge in [-0.05, 0) is 69.0 Å². The van der Waals surface area contributed by atoms with Crippen LogP contribution in [-0.4, -0.2) is 26.4 Å². The van der Waals surface area contributed by atoms with Crippen molar-refractivity contribution in [2.24, 2.45) is 0 Å². The van der Waals surface area contributed by atoms with E-state index in [1.165, 1.54) is 27.8 Å². The van der Waals surface area contributed by atoms with Crippen molar-refractivity contribution in [1.29, 1.82) is 0 Å². The van der Waals surface area contributed by atoms with E-state index in [0.717, 1.165) is 0 Å². The smallest absolute Gasteiger partial charge is 0.372 e. The average molecular weight is 303 g/mol. The molecule has 1 aromatic carbocycles. The molecular weight excluding hydrogens is 279 g/mol. The Hall–Kier alpha value is -1.07. The number of hydrogen-bond acceptors (Lipinski definition) is 2. The second kappa shape index (κ2) is 7.27. The lowest BCUT2D eigenvalue weighted by atomic mass is 9.88. The molecule has 0 radical (unpaired) electrons. The van der Waals surface area contributed by atoms with E-state index in [0.29, 0.717) is 6.42 Å². The normalized spacial score (nSPS) is 13.5. The molecule has 1 aromatic rings. The molecule has 1 N–H and O–H groups in total. The fourth-order valence-electron chi connectivity index (χ4n) is 2.59. The molecule has 5 heteroatoms. The van der Waals surface area contributed by atoms with Gasteiger partial charge < -0.3 is 10.1 Å². The molecule has 0 aliphatic rings. The van der Waals surface area contributed by atoms with Crippen LogP contribution in [0.15, 0.2) is 6.07 Å². The lowest BCUT2D eigenvalue weighted by Gasteiger charge is -2.24. The second-order valence-corrected chi connectivity index (χ2v) is 5.47. The van der Waals surface area contributed by atoms with Crippen molar-refractivity contribution in [2.75, 3.05) is 20.3 Å². The minimum atomic E-state index is -4.26. The number of benzene rings is 1. The summed E-state index contributed by atoms with van der Waals surface area (Å²) in [6.07, 6.45) is -3.75. The largest absolute Gasteiger partial charge is 0.411 e. The fourth-order valence-corrected chi connectivity index (χ4v) is 2.59. The third-order valence-corrected chi connectivity index (χ3v) is 3.94. The molecule has 0 spiro atoms. The Bertz CT molecular complexity index is 457. The summed E-state index contributed by atoms with van der Waals surface area (Å²) in [6, 6.07) is 2.14. The molecule has 0 saturated carbocycles. The van der Waals surface area contributed by atoms with Gasteiger partial charge in [0.25, 0.3) is 0 Å². The molecule has 0 fully saturated rings. The lowest BCUT2D eigenvalue weighted by Crippen LogP contribution is -2.23. The van der Waals surface area contributed by atoms with Gasteiger partial charge in [0.2, 0.25) is 0 Å². The summed E-state index contributed by atoms with van der Waals surface area (Å²) in [7, 11) is 1.82. The Morgan fingerprint density at radius 3 is 2.05 bits per heavy atom. The van der Waals surface area contributed by atoms with Crippen LogP contribution < -0.4 is 5.32 Å². The van der Waals surface area contributed by atoms with Gasteiger partial charge in [0.1, 0.15) is 6.61 Å². The molecule has 0 bridgehead atoms. The predicted molar refractivity (Wildman–Crippen MR) is 78.7 cm³/mol. The Kier molecular flexibility index (Phi) is 6.23. The Balaban J connectivity index is 2.82.